The lowest BCUT2D eigenvalue weighted by Crippen LogP contribution is -2.44. The molecule has 1 aromatic carbocycles. The summed E-state index contributed by atoms with van der Waals surface area (Å²) in [5.74, 6) is -0.750. The fourth-order valence-electron chi connectivity index (χ4n) is 3.46. The minimum Gasteiger partial charge on any atom is -0.344 e. The summed E-state index contributed by atoms with van der Waals surface area (Å²) in [5, 5.41) is 0. The molecule has 2 aliphatic rings. The average Bonchev–Trinajstić information content (AvgIpc) is 3.00. The van der Waals surface area contributed by atoms with Crippen molar-refractivity contribution in [2.75, 3.05) is 7.05 Å². The number of hydrogen-bond acceptors (Lipinski definition) is 4. The number of ether oxygens (including phenoxy) is 2. The number of likely N-dealkylation sites (N-methyl/N-ethyl adjacent to an activating group) is 1. The monoisotopic (exact) mass is 303 g/mol. The second-order valence-corrected chi connectivity index (χ2v) is 6.40. The summed E-state index contributed by atoms with van der Waals surface area (Å²) in [6, 6.07) is 6.83. The Morgan fingerprint density at radius 3 is 2.73 bits per heavy atom. The maximum absolute atomic E-state index is 12.7. The summed E-state index contributed by atoms with van der Waals surface area (Å²) in [6.45, 7) is 3.79. The zero-order valence-corrected chi connectivity index (χ0v) is 13.1. The largest absolute Gasteiger partial charge is 0.344 e. The van der Waals surface area contributed by atoms with E-state index in [2.05, 4.69) is 0 Å². The maximum atomic E-state index is 12.7. The van der Waals surface area contributed by atoms with Gasteiger partial charge in [-0.2, -0.15) is 0 Å². The third-order valence-electron chi connectivity index (χ3n) is 4.48. The predicted octanol–water partition coefficient (Wildman–Crippen LogP) is 2.25. The normalized spacial score (nSPS) is 29.1. The molecular weight excluding hydrogens is 282 g/mol. The highest BCUT2D eigenvalue weighted by molar-refractivity contribution is 6.01. The van der Waals surface area contributed by atoms with Crippen LogP contribution in [0.3, 0.4) is 0 Å². The molecule has 1 saturated carbocycles. The Bertz CT molecular complexity index is 598. The van der Waals surface area contributed by atoms with Crippen LogP contribution in [-0.4, -0.2) is 48.2 Å². The van der Waals surface area contributed by atoms with Gasteiger partial charge in [0.25, 0.3) is 5.91 Å². The minimum atomic E-state index is -0.599. The Hall–Kier alpha value is -1.72. The van der Waals surface area contributed by atoms with E-state index in [1.807, 2.05) is 13.8 Å². The van der Waals surface area contributed by atoms with E-state index in [-0.39, 0.29) is 24.2 Å². The van der Waals surface area contributed by atoms with Gasteiger partial charge in [0.1, 0.15) is 6.10 Å². The van der Waals surface area contributed by atoms with Gasteiger partial charge in [-0.05, 0) is 32.8 Å². The summed E-state index contributed by atoms with van der Waals surface area (Å²) >= 11 is 0. The van der Waals surface area contributed by atoms with E-state index in [0.29, 0.717) is 11.1 Å². The minimum absolute atomic E-state index is 0.0287. The molecule has 1 amide bonds. The fourth-order valence-corrected chi connectivity index (χ4v) is 3.46. The molecule has 118 valence electrons. The van der Waals surface area contributed by atoms with E-state index in [0.717, 1.165) is 19.1 Å². The van der Waals surface area contributed by atoms with E-state index in [4.69, 9.17) is 9.47 Å². The Morgan fingerprint density at radius 1 is 1.27 bits per heavy atom. The molecule has 5 nitrogen and oxygen atoms in total. The number of hydrogen-bond donors (Lipinski definition) is 0. The van der Waals surface area contributed by atoms with Gasteiger partial charge in [0.05, 0.1) is 17.7 Å². The van der Waals surface area contributed by atoms with Crippen molar-refractivity contribution in [3.63, 3.8) is 0 Å². The van der Waals surface area contributed by atoms with E-state index in [1.165, 1.54) is 0 Å². The third-order valence-corrected chi connectivity index (χ3v) is 4.48. The van der Waals surface area contributed by atoms with Crippen LogP contribution in [0.1, 0.15) is 47.4 Å². The lowest BCUT2D eigenvalue weighted by molar-refractivity contribution is -0.156. The molecule has 5 heteroatoms. The summed E-state index contributed by atoms with van der Waals surface area (Å²) in [5.41, 5.74) is 0.847. The number of amides is 1. The molecule has 0 bridgehead atoms. The predicted molar refractivity (Wildman–Crippen MR) is 80.8 cm³/mol. The van der Waals surface area contributed by atoms with Crippen LogP contribution in [-0.2, 0) is 9.47 Å². The lowest BCUT2D eigenvalue weighted by atomic mass is 10.1. The maximum Gasteiger partial charge on any atom is 0.254 e. The highest BCUT2D eigenvalue weighted by atomic mass is 16.8. The van der Waals surface area contributed by atoms with Crippen molar-refractivity contribution in [2.45, 2.75) is 50.7 Å². The van der Waals surface area contributed by atoms with Crippen LogP contribution in [0.4, 0.5) is 0 Å². The van der Waals surface area contributed by atoms with Gasteiger partial charge in [0.2, 0.25) is 0 Å². The first-order chi connectivity index (χ1) is 10.4. The summed E-state index contributed by atoms with van der Waals surface area (Å²) < 4.78 is 11.8. The van der Waals surface area contributed by atoms with Crippen molar-refractivity contribution in [1.82, 2.24) is 4.90 Å². The number of carbonyl (C=O) groups excluding carboxylic acids is 2. The van der Waals surface area contributed by atoms with Crippen molar-refractivity contribution >= 4 is 12.2 Å². The van der Waals surface area contributed by atoms with E-state index in [1.54, 1.807) is 36.2 Å². The number of carbonyl (C=O) groups is 2. The number of rotatable bonds is 3. The summed E-state index contributed by atoms with van der Waals surface area (Å²) in [4.78, 5) is 25.6. The van der Waals surface area contributed by atoms with Gasteiger partial charge in [0, 0.05) is 12.6 Å². The number of nitrogens with zero attached hydrogens (tertiary/aromatic N) is 1. The van der Waals surface area contributed by atoms with Gasteiger partial charge < -0.3 is 14.4 Å². The molecule has 0 N–H and O–H groups in total. The second kappa shape index (κ2) is 5.48. The average molecular weight is 303 g/mol. The quantitative estimate of drug-likeness (QED) is 0.804. The standard InChI is InChI=1S/C17H21NO4/c1-17(2)21-14-9-8-13(15(14)22-17)18(3)16(20)12-7-5-4-6-11(12)10-19/h4-7,10,13-15H,8-9H2,1-3H3. The van der Waals surface area contributed by atoms with Gasteiger partial charge in [-0.1, -0.05) is 18.2 Å². The van der Waals surface area contributed by atoms with Crippen LogP contribution in [0.5, 0.6) is 0 Å². The van der Waals surface area contributed by atoms with Crippen LogP contribution >= 0.6 is 0 Å². The Kier molecular flexibility index (Phi) is 3.78. The van der Waals surface area contributed by atoms with Crippen LogP contribution in [0.2, 0.25) is 0 Å². The fraction of sp³-hybridized carbons (Fsp3) is 0.529. The zero-order valence-electron chi connectivity index (χ0n) is 13.1. The van der Waals surface area contributed by atoms with Crippen molar-refractivity contribution in [3.8, 4) is 0 Å². The Morgan fingerprint density at radius 2 is 2.00 bits per heavy atom. The molecule has 22 heavy (non-hydrogen) atoms. The molecule has 3 rings (SSSR count). The molecule has 1 aliphatic heterocycles. The van der Waals surface area contributed by atoms with Crippen molar-refractivity contribution in [2.24, 2.45) is 0 Å². The Balaban J connectivity index is 1.81. The van der Waals surface area contributed by atoms with Gasteiger partial charge in [-0.25, -0.2) is 0 Å². The molecule has 1 saturated heterocycles. The molecule has 3 atom stereocenters. The molecule has 0 spiro atoms. The van der Waals surface area contributed by atoms with Crippen LogP contribution in [0.25, 0.3) is 0 Å². The first kappa shape index (κ1) is 15.2. The van der Waals surface area contributed by atoms with Gasteiger partial charge in [-0.15, -0.1) is 0 Å². The molecule has 3 unspecified atom stereocenters. The van der Waals surface area contributed by atoms with Crippen molar-refractivity contribution in [3.05, 3.63) is 35.4 Å². The van der Waals surface area contributed by atoms with E-state index < -0.39 is 5.79 Å². The topological polar surface area (TPSA) is 55.8 Å². The molecular formula is C17H21NO4. The zero-order chi connectivity index (χ0) is 15.9. The smallest absolute Gasteiger partial charge is 0.254 e. The van der Waals surface area contributed by atoms with Gasteiger partial charge >= 0.3 is 0 Å². The second-order valence-electron chi connectivity index (χ2n) is 6.40. The van der Waals surface area contributed by atoms with E-state index in [9.17, 15) is 9.59 Å². The van der Waals surface area contributed by atoms with E-state index >= 15 is 0 Å². The van der Waals surface area contributed by atoms with Crippen molar-refractivity contribution in [1.29, 1.82) is 0 Å². The SMILES string of the molecule is CN(C(=O)c1ccccc1C=O)C1CCC2OC(C)(C)OC21. The van der Waals surface area contributed by atoms with Crippen LogP contribution < -0.4 is 0 Å². The highest BCUT2D eigenvalue weighted by Gasteiger charge is 2.50. The molecule has 1 aliphatic carbocycles. The number of fused-ring (bicyclic) bond motifs is 1. The summed E-state index contributed by atoms with van der Waals surface area (Å²) in [6.07, 6.45) is 2.38. The molecule has 0 aromatic heterocycles. The first-order valence-corrected chi connectivity index (χ1v) is 7.60. The molecule has 1 aromatic rings. The van der Waals surface area contributed by atoms with Crippen LogP contribution in [0.15, 0.2) is 24.3 Å². The molecule has 2 fully saturated rings. The molecule has 0 radical (unpaired) electrons. The first-order valence-electron chi connectivity index (χ1n) is 7.60. The third kappa shape index (κ3) is 2.55. The van der Waals surface area contributed by atoms with Gasteiger partial charge in [0.15, 0.2) is 12.1 Å². The van der Waals surface area contributed by atoms with Gasteiger partial charge in [-0.3, -0.25) is 9.59 Å². The highest BCUT2D eigenvalue weighted by Crippen LogP contribution is 2.40. The lowest BCUT2D eigenvalue weighted by Gasteiger charge is -2.30. The number of benzene rings is 1. The number of aldehydes is 1. The summed E-state index contributed by atoms with van der Waals surface area (Å²) in [7, 11) is 1.77. The van der Waals surface area contributed by atoms with Crippen molar-refractivity contribution < 1.29 is 19.1 Å². The Labute approximate surface area is 130 Å². The molecule has 1 heterocycles. The van der Waals surface area contributed by atoms with Crippen LogP contribution in [0, 0.1) is 0 Å².